The fourth-order valence-corrected chi connectivity index (χ4v) is 3.68. The van der Waals surface area contributed by atoms with Gasteiger partial charge in [-0.05, 0) is 25.5 Å². The van der Waals surface area contributed by atoms with Crippen molar-refractivity contribution < 1.29 is 4.79 Å². The Kier molecular flexibility index (Phi) is 5.41. The molecule has 2 heterocycles. The molecule has 0 spiro atoms. The third-order valence-electron chi connectivity index (χ3n) is 4.51. The normalized spacial score (nSPS) is 19.1. The molecule has 23 heavy (non-hydrogen) atoms. The van der Waals surface area contributed by atoms with Crippen molar-refractivity contribution in [2.24, 2.45) is 0 Å². The molecule has 1 atom stereocenters. The molecule has 1 fully saturated rings. The molecule has 122 valence electrons. The van der Waals surface area contributed by atoms with Crippen LogP contribution in [0.5, 0.6) is 0 Å². The minimum Gasteiger partial charge on any atom is -0.338 e. The maximum absolute atomic E-state index is 12.4. The van der Waals surface area contributed by atoms with Gasteiger partial charge in [0.15, 0.2) is 0 Å². The molecule has 4 nitrogen and oxygen atoms in total. The van der Waals surface area contributed by atoms with E-state index in [0.717, 1.165) is 38.2 Å². The molecule has 1 aliphatic heterocycles. The highest BCUT2D eigenvalue weighted by Crippen LogP contribution is 2.20. The standard InChI is InChI=1S/C18H23N3OS/c1-20(12-16-13-23-14-19-16)17-7-8-18(22)21(10-9-17)11-15-5-3-2-4-6-15/h2-6,13-14,17H,7-12H2,1H3. The lowest BCUT2D eigenvalue weighted by atomic mass is 10.1. The predicted molar refractivity (Wildman–Crippen MR) is 93.1 cm³/mol. The fraction of sp³-hybridized carbons (Fsp3) is 0.444. The number of nitrogens with zero attached hydrogens (tertiary/aromatic N) is 3. The molecule has 2 aromatic rings. The molecule has 1 amide bonds. The molecule has 1 saturated heterocycles. The molecule has 1 unspecified atom stereocenters. The van der Waals surface area contributed by atoms with Crippen LogP contribution in [0.3, 0.4) is 0 Å². The van der Waals surface area contributed by atoms with Crippen molar-refractivity contribution in [2.45, 2.75) is 38.4 Å². The van der Waals surface area contributed by atoms with Crippen LogP contribution in [0.1, 0.15) is 30.5 Å². The van der Waals surface area contributed by atoms with E-state index in [4.69, 9.17) is 0 Å². The Hall–Kier alpha value is -1.72. The lowest BCUT2D eigenvalue weighted by Crippen LogP contribution is -2.33. The monoisotopic (exact) mass is 329 g/mol. The summed E-state index contributed by atoms with van der Waals surface area (Å²) in [6.07, 6.45) is 2.60. The first-order valence-electron chi connectivity index (χ1n) is 8.11. The van der Waals surface area contributed by atoms with Crippen molar-refractivity contribution in [3.8, 4) is 0 Å². The maximum Gasteiger partial charge on any atom is 0.222 e. The van der Waals surface area contributed by atoms with Gasteiger partial charge in [-0.25, -0.2) is 4.98 Å². The van der Waals surface area contributed by atoms with Crippen LogP contribution in [-0.2, 0) is 17.9 Å². The zero-order valence-electron chi connectivity index (χ0n) is 13.5. The number of amides is 1. The average Bonchev–Trinajstić information content (AvgIpc) is 3.00. The lowest BCUT2D eigenvalue weighted by molar-refractivity contribution is -0.131. The van der Waals surface area contributed by atoms with E-state index in [1.54, 1.807) is 11.3 Å². The predicted octanol–water partition coefficient (Wildman–Crippen LogP) is 3.16. The second-order valence-corrected chi connectivity index (χ2v) is 6.90. The van der Waals surface area contributed by atoms with Crippen LogP contribution in [0.25, 0.3) is 0 Å². The highest BCUT2D eigenvalue weighted by molar-refractivity contribution is 7.07. The highest BCUT2D eigenvalue weighted by Gasteiger charge is 2.25. The quantitative estimate of drug-likeness (QED) is 0.845. The van der Waals surface area contributed by atoms with Crippen molar-refractivity contribution >= 4 is 17.2 Å². The second-order valence-electron chi connectivity index (χ2n) is 6.18. The van der Waals surface area contributed by atoms with Crippen LogP contribution in [0.15, 0.2) is 41.2 Å². The van der Waals surface area contributed by atoms with Gasteiger partial charge in [-0.3, -0.25) is 9.69 Å². The summed E-state index contributed by atoms with van der Waals surface area (Å²) in [5.41, 5.74) is 4.20. The Bertz CT molecular complexity index is 614. The van der Waals surface area contributed by atoms with Gasteiger partial charge in [0.2, 0.25) is 5.91 Å². The number of rotatable bonds is 5. The van der Waals surface area contributed by atoms with E-state index in [-0.39, 0.29) is 5.91 Å². The van der Waals surface area contributed by atoms with Crippen LogP contribution in [-0.4, -0.2) is 40.3 Å². The summed E-state index contributed by atoms with van der Waals surface area (Å²) in [6, 6.07) is 10.7. The fourth-order valence-electron chi connectivity index (χ4n) is 3.13. The first-order chi connectivity index (χ1) is 11.2. The van der Waals surface area contributed by atoms with Gasteiger partial charge >= 0.3 is 0 Å². The van der Waals surface area contributed by atoms with Gasteiger partial charge in [0.1, 0.15) is 0 Å². The van der Waals surface area contributed by atoms with Crippen molar-refractivity contribution in [3.63, 3.8) is 0 Å². The second kappa shape index (κ2) is 7.70. The van der Waals surface area contributed by atoms with Crippen LogP contribution in [0, 0.1) is 0 Å². The number of thiazole rings is 1. The Balaban J connectivity index is 1.58. The minimum atomic E-state index is 0.276. The first kappa shape index (κ1) is 16.1. The largest absolute Gasteiger partial charge is 0.338 e. The first-order valence-corrected chi connectivity index (χ1v) is 9.05. The Morgan fingerprint density at radius 3 is 2.87 bits per heavy atom. The molecule has 0 bridgehead atoms. The summed E-state index contributed by atoms with van der Waals surface area (Å²) >= 11 is 1.63. The molecule has 0 N–H and O–H groups in total. The average molecular weight is 329 g/mol. The SMILES string of the molecule is CN(Cc1cscn1)C1CCC(=O)N(Cc2ccccc2)CC1. The van der Waals surface area contributed by atoms with Crippen molar-refractivity contribution in [1.82, 2.24) is 14.8 Å². The molecule has 3 rings (SSSR count). The zero-order chi connectivity index (χ0) is 16.1. The van der Waals surface area contributed by atoms with Gasteiger partial charge in [-0.2, -0.15) is 0 Å². The van der Waals surface area contributed by atoms with Gasteiger partial charge in [-0.1, -0.05) is 30.3 Å². The Morgan fingerprint density at radius 1 is 1.30 bits per heavy atom. The smallest absolute Gasteiger partial charge is 0.222 e. The number of benzene rings is 1. The topological polar surface area (TPSA) is 36.4 Å². The number of carbonyl (C=O) groups is 1. The number of carbonyl (C=O) groups excluding carboxylic acids is 1. The van der Waals surface area contributed by atoms with Crippen molar-refractivity contribution in [3.05, 3.63) is 52.5 Å². The molecule has 0 radical (unpaired) electrons. The van der Waals surface area contributed by atoms with E-state index in [1.807, 2.05) is 28.6 Å². The molecule has 5 heteroatoms. The molecular weight excluding hydrogens is 306 g/mol. The van der Waals surface area contributed by atoms with Gasteiger partial charge < -0.3 is 4.90 Å². The minimum absolute atomic E-state index is 0.276. The molecule has 1 aromatic carbocycles. The number of hydrogen-bond donors (Lipinski definition) is 0. The van der Waals surface area contributed by atoms with Gasteiger partial charge in [0.05, 0.1) is 11.2 Å². The van der Waals surface area contributed by atoms with E-state index < -0.39 is 0 Å². The van der Waals surface area contributed by atoms with E-state index in [1.165, 1.54) is 5.56 Å². The number of aromatic nitrogens is 1. The number of hydrogen-bond acceptors (Lipinski definition) is 4. The third-order valence-corrected chi connectivity index (χ3v) is 5.15. The van der Waals surface area contributed by atoms with Crippen molar-refractivity contribution in [2.75, 3.05) is 13.6 Å². The van der Waals surface area contributed by atoms with E-state index in [0.29, 0.717) is 12.5 Å². The summed E-state index contributed by atoms with van der Waals surface area (Å²) < 4.78 is 0. The van der Waals surface area contributed by atoms with Crippen LogP contribution in [0.4, 0.5) is 0 Å². The lowest BCUT2D eigenvalue weighted by Gasteiger charge is -2.26. The van der Waals surface area contributed by atoms with Crippen LogP contribution in [0.2, 0.25) is 0 Å². The molecule has 0 aliphatic carbocycles. The van der Waals surface area contributed by atoms with E-state index >= 15 is 0 Å². The maximum atomic E-state index is 12.4. The summed E-state index contributed by atoms with van der Waals surface area (Å²) in [5, 5.41) is 2.10. The van der Waals surface area contributed by atoms with E-state index in [9.17, 15) is 4.79 Å². The molecular formula is C18H23N3OS. The summed E-state index contributed by atoms with van der Waals surface area (Å²) in [6.45, 7) is 2.42. The van der Waals surface area contributed by atoms with Gasteiger partial charge in [0.25, 0.3) is 0 Å². The van der Waals surface area contributed by atoms with Gasteiger partial charge in [-0.15, -0.1) is 11.3 Å². The van der Waals surface area contributed by atoms with Crippen LogP contribution >= 0.6 is 11.3 Å². The van der Waals surface area contributed by atoms with Gasteiger partial charge in [0, 0.05) is 37.5 Å². The highest BCUT2D eigenvalue weighted by atomic mass is 32.1. The number of likely N-dealkylation sites (tertiary alicyclic amines) is 1. The van der Waals surface area contributed by atoms with E-state index in [2.05, 4.69) is 34.4 Å². The third kappa shape index (κ3) is 4.39. The summed E-state index contributed by atoms with van der Waals surface area (Å²) in [7, 11) is 2.14. The zero-order valence-corrected chi connectivity index (χ0v) is 14.3. The van der Waals surface area contributed by atoms with Crippen LogP contribution < -0.4 is 0 Å². The molecule has 0 saturated carbocycles. The Labute approximate surface area is 141 Å². The van der Waals surface area contributed by atoms with Crippen molar-refractivity contribution in [1.29, 1.82) is 0 Å². The molecule has 1 aromatic heterocycles. The summed E-state index contributed by atoms with van der Waals surface area (Å²) in [4.78, 5) is 21.1. The summed E-state index contributed by atoms with van der Waals surface area (Å²) in [5.74, 6) is 0.276. The molecule has 1 aliphatic rings. The Morgan fingerprint density at radius 2 is 2.13 bits per heavy atom.